The maximum Gasteiger partial charge on any atom is 0.137 e. The van der Waals surface area contributed by atoms with Crippen molar-refractivity contribution in [2.75, 3.05) is 13.1 Å². The van der Waals surface area contributed by atoms with Gasteiger partial charge in [0.1, 0.15) is 5.78 Å². The van der Waals surface area contributed by atoms with Crippen molar-refractivity contribution < 1.29 is 4.79 Å². The standard InChI is InChI=1S/C13H26N2O/c1-10(2)15-7-5-11(6-8-15)12(16)9-13(3,4)14/h10-11H,5-9,14H2,1-4H3. The summed E-state index contributed by atoms with van der Waals surface area (Å²) in [5, 5.41) is 0. The lowest BCUT2D eigenvalue weighted by molar-refractivity contribution is -0.125. The van der Waals surface area contributed by atoms with E-state index >= 15 is 0 Å². The fraction of sp³-hybridized carbons (Fsp3) is 0.923. The molecule has 1 saturated heterocycles. The molecule has 0 bridgehead atoms. The van der Waals surface area contributed by atoms with Crippen molar-refractivity contribution in [1.82, 2.24) is 4.90 Å². The second-order valence-electron chi connectivity index (χ2n) is 6.04. The molecule has 2 N–H and O–H groups in total. The highest BCUT2D eigenvalue weighted by atomic mass is 16.1. The minimum atomic E-state index is -0.355. The van der Waals surface area contributed by atoms with Gasteiger partial charge in [0.15, 0.2) is 0 Å². The van der Waals surface area contributed by atoms with Crippen molar-refractivity contribution in [2.45, 2.75) is 58.5 Å². The molecule has 0 saturated carbocycles. The van der Waals surface area contributed by atoms with Gasteiger partial charge in [0, 0.05) is 23.9 Å². The van der Waals surface area contributed by atoms with Gasteiger partial charge in [-0.3, -0.25) is 4.79 Å². The van der Waals surface area contributed by atoms with E-state index in [0.29, 0.717) is 18.2 Å². The average molecular weight is 226 g/mol. The molecule has 0 unspecified atom stereocenters. The van der Waals surface area contributed by atoms with Gasteiger partial charge in [-0.2, -0.15) is 0 Å². The number of ketones is 1. The first-order valence-corrected chi connectivity index (χ1v) is 6.35. The highest BCUT2D eigenvalue weighted by Crippen LogP contribution is 2.22. The molecule has 1 rings (SSSR count). The molecular formula is C13H26N2O. The van der Waals surface area contributed by atoms with Crippen LogP contribution in [0.25, 0.3) is 0 Å². The van der Waals surface area contributed by atoms with Crippen LogP contribution in [0.5, 0.6) is 0 Å². The molecule has 0 aromatic heterocycles. The van der Waals surface area contributed by atoms with Crippen LogP contribution in [0.4, 0.5) is 0 Å². The number of hydrogen-bond donors (Lipinski definition) is 1. The molecular weight excluding hydrogens is 200 g/mol. The van der Waals surface area contributed by atoms with Gasteiger partial charge < -0.3 is 10.6 Å². The highest BCUT2D eigenvalue weighted by Gasteiger charge is 2.28. The van der Waals surface area contributed by atoms with Crippen molar-refractivity contribution in [3.63, 3.8) is 0 Å². The number of carbonyl (C=O) groups excluding carboxylic acids is 1. The molecule has 94 valence electrons. The Balaban J connectivity index is 2.39. The van der Waals surface area contributed by atoms with Crippen LogP contribution in [-0.4, -0.2) is 35.4 Å². The predicted molar refractivity (Wildman–Crippen MR) is 67.3 cm³/mol. The van der Waals surface area contributed by atoms with Crippen LogP contribution in [-0.2, 0) is 4.79 Å². The summed E-state index contributed by atoms with van der Waals surface area (Å²) in [7, 11) is 0. The number of hydrogen-bond acceptors (Lipinski definition) is 3. The lowest BCUT2D eigenvalue weighted by Gasteiger charge is -2.34. The quantitative estimate of drug-likeness (QED) is 0.795. The van der Waals surface area contributed by atoms with Gasteiger partial charge in [0.2, 0.25) is 0 Å². The molecule has 0 aromatic rings. The minimum absolute atomic E-state index is 0.248. The Morgan fingerprint density at radius 2 is 1.88 bits per heavy atom. The Morgan fingerprint density at radius 1 is 1.38 bits per heavy atom. The summed E-state index contributed by atoms with van der Waals surface area (Å²) in [6.07, 6.45) is 2.53. The Bertz CT molecular complexity index is 235. The molecule has 1 fully saturated rings. The van der Waals surface area contributed by atoms with Crippen LogP contribution < -0.4 is 5.73 Å². The van der Waals surface area contributed by atoms with E-state index in [2.05, 4.69) is 18.7 Å². The van der Waals surface area contributed by atoms with Crippen molar-refractivity contribution in [2.24, 2.45) is 11.7 Å². The summed E-state index contributed by atoms with van der Waals surface area (Å²) >= 11 is 0. The van der Waals surface area contributed by atoms with E-state index in [9.17, 15) is 4.79 Å². The van der Waals surface area contributed by atoms with Crippen LogP contribution in [0.2, 0.25) is 0 Å². The summed E-state index contributed by atoms with van der Waals surface area (Å²) in [6.45, 7) is 10.4. The predicted octanol–water partition coefficient (Wildman–Crippen LogP) is 1.80. The molecule has 0 aliphatic carbocycles. The number of nitrogens with two attached hydrogens (primary N) is 1. The molecule has 0 aromatic carbocycles. The number of rotatable bonds is 4. The van der Waals surface area contributed by atoms with E-state index < -0.39 is 0 Å². The number of Topliss-reactive ketones (excluding diaryl/α,β-unsaturated/α-hetero) is 1. The van der Waals surface area contributed by atoms with Gasteiger partial charge >= 0.3 is 0 Å². The van der Waals surface area contributed by atoms with Crippen LogP contribution in [0, 0.1) is 5.92 Å². The summed E-state index contributed by atoms with van der Waals surface area (Å²) in [6, 6.07) is 0.599. The average Bonchev–Trinajstić information content (AvgIpc) is 2.15. The topological polar surface area (TPSA) is 46.3 Å². The van der Waals surface area contributed by atoms with E-state index in [1.807, 2.05) is 13.8 Å². The zero-order chi connectivity index (χ0) is 12.3. The smallest absolute Gasteiger partial charge is 0.137 e. The molecule has 16 heavy (non-hydrogen) atoms. The van der Waals surface area contributed by atoms with Crippen molar-refractivity contribution >= 4 is 5.78 Å². The van der Waals surface area contributed by atoms with Gasteiger partial charge in [-0.1, -0.05) is 0 Å². The Kier molecular flexibility index (Phi) is 4.51. The summed E-state index contributed by atoms with van der Waals surface area (Å²) < 4.78 is 0. The number of likely N-dealkylation sites (tertiary alicyclic amines) is 1. The molecule has 1 aliphatic heterocycles. The normalized spacial score (nSPS) is 20.4. The van der Waals surface area contributed by atoms with Gasteiger partial charge in [-0.05, 0) is 53.6 Å². The number of nitrogens with zero attached hydrogens (tertiary/aromatic N) is 1. The maximum atomic E-state index is 12.0. The summed E-state index contributed by atoms with van der Waals surface area (Å²) in [4.78, 5) is 14.4. The third-order valence-electron chi connectivity index (χ3n) is 3.35. The van der Waals surface area contributed by atoms with Gasteiger partial charge in [-0.25, -0.2) is 0 Å². The fourth-order valence-corrected chi connectivity index (χ4v) is 2.33. The first-order chi connectivity index (χ1) is 7.29. The van der Waals surface area contributed by atoms with E-state index in [-0.39, 0.29) is 11.5 Å². The third kappa shape index (κ3) is 4.22. The molecule has 3 heteroatoms. The van der Waals surface area contributed by atoms with Crippen LogP contribution in [0.15, 0.2) is 0 Å². The second kappa shape index (κ2) is 5.28. The molecule has 0 atom stereocenters. The largest absolute Gasteiger partial charge is 0.325 e. The number of carbonyl (C=O) groups is 1. The Hall–Kier alpha value is -0.410. The lowest BCUT2D eigenvalue weighted by atomic mass is 9.86. The molecule has 0 spiro atoms. The molecule has 3 nitrogen and oxygen atoms in total. The highest BCUT2D eigenvalue weighted by molar-refractivity contribution is 5.82. The first kappa shape index (κ1) is 13.7. The van der Waals surface area contributed by atoms with Gasteiger partial charge in [0.05, 0.1) is 0 Å². The van der Waals surface area contributed by atoms with Crippen molar-refractivity contribution in [3.8, 4) is 0 Å². The molecule has 1 aliphatic rings. The van der Waals surface area contributed by atoms with Crippen LogP contribution >= 0.6 is 0 Å². The SMILES string of the molecule is CC(C)N1CCC(C(=O)CC(C)(C)N)CC1. The zero-order valence-corrected chi connectivity index (χ0v) is 11.1. The van der Waals surface area contributed by atoms with Gasteiger partial charge in [0.25, 0.3) is 0 Å². The zero-order valence-electron chi connectivity index (χ0n) is 11.1. The van der Waals surface area contributed by atoms with Crippen molar-refractivity contribution in [1.29, 1.82) is 0 Å². The Morgan fingerprint density at radius 3 is 2.25 bits per heavy atom. The summed E-state index contributed by atoms with van der Waals surface area (Å²) in [5.74, 6) is 0.605. The number of piperidine rings is 1. The van der Waals surface area contributed by atoms with E-state index in [4.69, 9.17) is 5.73 Å². The van der Waals surface area contributed by atoms with Gasteiger partial charge in [-0.15, -0.1) is 0 Å². The second-order valence-corrected chi connectivity index (χ2v) is 6.04. The lowest BCUT2D eigenvalue weighted by Crippen LogP contribution is -2.42. The fourth-order valence-electron chi connectivity index (χ4n) is 2.33. The molecule has 1 heterocycles. The monoisotopic (exact) mass is 226 g/mol. The molecule has 0 amide bonds. The van der Waals surface area contributed by atoms with E-state index in [1.165, 1.54) is 0 Å². The van der Waals surface area contributed by atoms with Crippen molar-refractivity contribution in [3.05, 3.63) is 0 Å². The molecule has 0 radical (unpaired) electrons. The van der Waals surface area contributed by atoms with Crippen LogP contribution in [0.3, 0.4) is 0 Å². The van der Waals surface area contributed by atoms with Crippen LogP contribution in [0.1, 0.15) is 47.0 Å². The minimum Gasteiger partial charge on any atom is -0.325 e. The summed E-state index contributed by atoms with van der Waals surface area (Å²) in [5.41, 5.74) is 5.53. The first-order valence-electron chi connectivity index (χ1n) is 6.35. The third-order valence-corrected chi connectivity index (χ3v) is 3.35. The maximum absolute atomic E-state index is 12.0. The van der Waals surface area contributed by atoms with E-state index in [1.54, 1.807) is 0 Å². The Labute approximate surface area is 99.4 Å². The van der Waals surface area contributed by atoms with E-state index in [0.717, 1.165) is 25.9 Å².